The fourth-order valence-corrected chi connectivity index (χ4v) is 1.43. The number of carbonyl (C=O) groups excluding carboxylic acids is 1. The number of carbonyl (C=O) groups is 1. The number of amides is 1. The molecule has 0 saturated carbocycles. The van der Waals surface area contributed by atoms with Gasteiger partial charge in [-0.15, -0.1) is 11.6 Å². The first-order chi connectivity index (χ1) is 5.96. The van der Waals surface area contributed by atoms with Crippen LogP contribution in [0.1, 0.15) is 19.8 Å². The Morgan fingerprint density at radius 1 is 1.69 bits per heavy atom. The van der Waals surface area contributed by atoms with E-state index in [-0.39, 0.29) is 18.9 Å². The van der Waals surface area contributed by atoms with Crippen LogP contribution in [0.5, 0.6) is 0 Å². The molecule has 1 saturated heterocycles. The van der Waals surface area contributed by atoms with Crippen molar-refractivity contribution in [1.29, 1.82) is 0 Å². The van der Waals surface area contributed by atoms with Gasteiger partial charge in [-0.05, 0) is 6.42 Å². The first-order valence-electron chi connectivity index (χ1n) is 4.27. The highest BCUT2D eigenvalue weighted by molar-refractivity contribution is 6.30. The molecule has 1 fully saturated rings. The van der Waals surface area contributed by atoms with Gasteiger partial charge in [-0.2, -0.15) is 0 Å². The maximum atomic E-state index is 12.7. The van der Waals surface area contributed by atoms with E-state index in [4.69, 9.17) is 11.6 Å². The molecule has 0 aromatic carbocycles. The molecule has 1 unspecified atom stereocenters. The van der Waals surface area contributed by atoms with Crippen molar-refractivity contribution in [2.24, 2.45) is 0 Å². The SMILES string of the molecule is CCC(Cl)C(=O)N1CCC(F)(F)C1. The number of hydrogen-bond acceptors (Lipinski definition) is 1. The molecule has 1 amide bonds. The minimum atomic E-state index is -2.72. The Morgan fingerprint density at radius 2 is 2.31 bits per heavy atom. The molecule has 1 atom stereocenters. The number of nitrogens with zero attached hydrogens (tertiary/aromatic N) is 1. The Morgan fingerprint density at radius 3 is 2.69 bits per heavy atom. The number of rotatable bonds is 2. The van der Waals surface area contributed by atoms with Crippen molar-refractivity contribution in [2.45, 2.75) is 31.1 Å². The maximum Gasteiger partial charge on any atom is 0.267 e. The standard InChI is InChI=1S/C8H12ClF2NO/c1-2-6(9)7(13)12-4-3-8(10,11)5-12/h6H,2-5H2,1H3. The van der Waals surface area contributed by atoms with Crippen molar-refractivity contribution < 1.29 is 13.6 Å². The van der Waals surface area contributed by atoms with Crippen LogP contribution in [0, 0.1) is 0 Å². The zero-order chi connectivity index (χ0) is 10.1. The molecule has 1 aliphatic heterocycles. The summed E-state index contributed by atoms with van der Waals surface area (Å²) in [4.78, 5) is 12.5. The number of likely N-dealkylation sites (tertiary alicyclic amines) is 1. The van der Waals surface area contributed by atoms with Gasteiger partial charge in [0.2, 0.25) is 5.91 Å². The number of halogens is 3. The third-order valence-corrected chi connectivity index (χ3v) is 2.60. The van der Waals surface area contributed by atoms with E-state index < -0.39 is 17.8 Å². The lowest BCUT2D eigenvalue weighted by atomic mass is 10.3. The van der Waals surface area contributed by atoms with Crippen LogP contribution in [0.4, 0.5) is 8.78 Å². The van der Waals surface area contributed by atoms with Gasteiger partial charge in [0.1, 0.15) is 5.38 Å². The van der Waals surface area contributed by atoms with Crippen LogP contribution < -0.4 is 0 Å². The van der Waals surface area contributed by atoms with Crippen LogP contribution in [0.15, 0.2) is 0 Å². The predicted molar refractivity (Wildman–Crippen MR) is 46.1 cm³/mol. The first kappa shape index (κ1) is 10.7. The van der Waals surface area contributed by atoms with E-state index in [2.05, 4.69) is 0 Å². The van der Waals surface area contributed by atoms with E-state index in [0.29, 0.717) is 6.42 Å². The van der Waals surface area contributed by atoms with Crippen molar-refractivity contribution in [3.8, 4) is 0 Å². The fraction of sp³-hybridized carbons (Fsp3) is 0.875. The van der Waals surface area contributed by atoms with Crippen LogP contribution in [-0.2, 0) is 4.79 Å². The zero-order valence-corrected chi connectivity index (χ0v) is 8.15. The maximum absolute atomic E-state index is 12.7. The molecule has 1 heterocycles. The topological polar surface area (TPSA) is 20.3 Å². The zero-order valence-electron chi connectivity index (χ0n) is 7.40. The summed E-state index contributed by atoms with van der Waals surface area (Å²) in [5.74, 6) is -3.10. The van der Waals surface area contributed by atoms with Crippen molar-refractivity contribution in [2.75, 3.05) is 13.1 Å². The summed E-state index contributed by atoms with van der Waals surface area (Å²) in [6, 6.07) is 0. The third-order valence-electron chi connectivity index (χ3n) is 2.11. The van der Waals surface area contributed by atoms with Crippen LogP contribution in [0.25, 0.3) is 0 Å². The average molecular weight is 212 g/mol. The van der Waals surface area contributed by atoms with Gasteiger partial charge in [0.05, 0.1) is 6.54 Å². The molecule has 0 N–H and O–H groups in total. The third kappa shape index (κ3) is 2.53. The number of alkyl halides is 3. The highest BCUT2D eigenvalue weighted by atomic mass is 35.5. The van der Waals surface area contributed by atoms with Crippen LogP contribution >= 0.6 is 11.6 Å². The van der Waals surface area contributed by atoms with Crippen molar-refractivity contribution >= 4 is 17.5 Å². The Kier molecular flexibility index (Phi) is 3.11. The smallest absolute Gasteiger partial charge is 0.267 e. The molecule has 2 nitrogen and oxygen atoms in total. The lowest BCUT2D eigenvalue weighted by Gasteiger charge is -2.18. The van der Waals surface area contributed by atoms with E-state index in [1.54, 1.807) is 6.92 Å². The second-order valence-corrected chi connectivity index (χ2v) is 3.77. The molecule has 0 aromatic rings. The molecule has 5 heteroatoms. The van der Waals surface area contributed by atoms with Crippen LogP contribution in [0.3, 0.4) is 0 Å². The van der Waals surface area contributed by atoms with Gasteiger partial charge in [-0.1, -0.05) is 6.92 Å². The van der Waals surface area contributed by atoms with Crippen LogP contribution in [-0.4, -0.2) is 35.2 Å². The van der Waals surface area contributed by atoms with Crippen molar-refractivity contribution in [3.05, 3.63) is 0 Å². The first-order valence-corrected chi connectivity index (χ1v) is 4.70. The quantitative estimate of drug-likeness (QED) is 0.639. The molecule has 13 heavy (non-hydrogen) atoms. The van der Waals surface area contributed by atoms with Crippen molar-refractivity contribution in [3.63, 3.8) is 0 Å². The normalized spacial score (nSPS) is 23.2. The van der Waals surface area contributed by atoms with Gasteiger partial charge < -0.3 is 4.90 Å². The summed E-state index contributed by atoms with van der Waals surface area (Å²) in [6.45, 7) is 1.40. The molecule has 76 valence electrons. The Hall–Kier alpha value is -0.380. The second-order valence-electron chi connectivity index (χ2n) is 3.24. The van der Waals surface area contributed by atoms with Crippen LogP contribution in [0.2, 0.25) is 0 Å². The summed E-state index contributed by atoms with van der Waals surface area (Å²) in [6.07, 6.45) is 0.231. The lowest BCUT2D eigenvalue weighted by molar-refractivity contribution is -0.131. The van der Waals surface area contributed by atoms with Gasteiger partial charge in [-0.3, -0.25) is 4.79 Å². The lowest BCUT2D eigenvalue weighted by Crippen LogP contribution is -2.36. The monoisotopic (exact) mass is 211 g/mol. The van der Waals surface area contributed by atoms with Gasteiger partial charge in [-0.25, -0.2) is 8.78 Å². The Bertz CT molecular complexity index is 210. The summed E-state index contributed by atoms with van der Waals surface area (Å²) in [7, 11) is 0. The van der Waals surface area contributed by atoms with Gasteiger partial charge in [0, 0.05) is 13.0 Å². The molecular weight excluding hydrogens is 200 g/mol. The second kappa shape index (κ2) is 3.78. The largest absolute Gasteiger partial charge is 0.335 e. The molecular formula is C8H12ClF2NO. The van der Waals surface area contributed by atoms with Gasteiger partial charge in [0.25, 0.3) is 5.92 Å². The molecule has 0 radical (unpaired) electrons. The van der Waals surface area contributed by atoms with E-state index in [9.17, 15) is 13.6 Å². The Balaban J connectivity index is 2.51. The minimum Gasteiger partial charge on any atom is -0.335 e. The van der Waals surface area contributed by atoms with E-state index in [1.165, 1.54) is 0 Å². The fourth-order valence-electron chi connectivity index (χ4n) is 1.30. The summed E-state index contributed by atoms with van der Waals surface area (Å²) < 4.78 is 25.4. The van der Waals surface area contributed by atoms with Crippen molar-refractivity contribution in [1.82, 2.24) is 4.90 Å². The summed E-state index contributed by atoms with van der Waals surface area (Å²) >= 11 is 5.65. The van der Waals surface area contributed by atoms with E-state index >= 15 is 0 Å². The molecule has 1 rings (SSSR count). The van der Waals surface area contributed by atoms with E-state index in [0.717, 1.165) is 4.90 Å². The highest BCUT2D eigenvalue weighted by Crippen LogP contribution is 2.27. The molecule has 0 aliphatic carbocycles. The van der Waals surface area contributed by atoms with E-state index in [1.807, 2.05) is 0 Å². The molecule has 0 bridgehead atoms. The molecule has 0 spiro atoms. The molecule has 1 aliphatic rings. The summed E-state index contributed by atoms with van der Waals surface area (Å²) in [5, 5.41) is -0.658. The Labute approximate surface area is 80.8 Å². The minimum absolute atomic E-state index is 0.120. The average Bonchev–Trinajstić information content (AvgIpc) is 2.43. The summed E-state index contributed by atoms with van der Waals surface area (Å²) in [5.41, 5.74) is 0. The number of hydrogen-bond donors (Lipinski definition) is 0. The highest BCUT2D eigenvalue weighted by Gasteiger charge is 2.41. The molecule has 0 aromatic heterocycles. The van der Waals surface area contributed by atoms with Gasteiger partial charge in [0.15, 0.2) is 0 Å². The van der Waals surface area contributed by atoms with Gasteiger partial charge >= 0.3 is 0 Å². The predicted octanol–water partition coefficient (Wildman–Crippen LogP) is 1.87.